The lowest BCUT2D eigenvalue weighted by atomic mass is 10.2. The van der Waals surface area contributed by atoms with E-state index in [0.29, 0.717) is 5.69 Å². The molecule has 158 valence electrons. The molecule has 1 amide bonds. The molecular weight excluding hydrogens is 417 g/mol. The second-order valence-electron chi connectivity index (χ2n) is 6.41. The molecule has 0 bridgehead atoms. The zero-order chi connectivity index (χ0) is 22.3. The average molecular weight is 437 g/mol. The Hall–Kier alpha value is -3.78. The van der Waals surface area contributed by atoms with Gasteiger partial charge in [-0.15, -0.1) is 6.58 Å². The van der Waals surface area contributed by atoms with Crippen LogP contribution < -0.4 is 9.73 Å². The van der Waals surface area contributed by atoms with Crippen molar-refractivity contribution in [1.29, 1.82) is 0 Å². The number of hydrogen-bond donors (Lipinski definition) is 1. The monoisotopic (exact) mass is 437 g/mol. The number of sulfonamides is 1. The molecule has 8 heteroatoms. The number of hydrazone groups is 1. The van der Waals surface area contributed by atoms with Crippen LogP contribution in [0.3, 0.4) is 0 Å². The first-order valence-electron chi connectivity index (χ1n) is 9.30. The molecule has 0 atom stereocenters. The number of carbonyl (C=O) groups is 1. The fourth-order valence-corrected chi connectivity index (χ4v) is 4.22. The molecule has 0 aliphatic heterocycles. The highest BCUT2D eigenvalue weighted by Crippen LogP contribution is 2.24. The summed E-state index contributed by atoms with van der Waals surface area (Å²) in [6.07, 6.45) is 2.69. The molecule has 0 heterocycles. The van der Waals surface area contributed by atoms with Gasteiger partial charge in [0.15, 0.2) is 0 Å². The first-order valence-corrected chi connectivity index (χ1v) is 10.7. The van der Waals surface area contributed by atoms with Gasteiger partial charge in [-0.25, -0.2) is 18.2 Å². The maximum atomic E-state index is 13.6. The summed E-state index contributed by atoms with van der Waals surface area (Å²) in [6.45, 7) is 3.70. The number of benzene rings is 3. The van der Waals surface area contributed by atoms with Crippen LogP contribution in [-0.2, 0) is 10.0 Å². The second kappa shape index (κ2) is 9.82. The molecular formula is C23H20FN3O3S. The lowest BCUT2D eigenvalue weighted by molar-refractivity contribution is 0.0955. The first-order chi connectivity index (χ1) is 14.9. The highest BCUT2D eigenvalue weighted by Gasteiger charge is 2.23. The summed E-state index contributed by atoms with van der Waals surface area (Å²) in [5.74, 6) is -0.966. The molecule has 0 aliphatic carbocycles. The van der Waals surface area contributed by atoms with Crippen LogP contribution >= 0.6 is 0 Å². The molecule has 6 nitrogen and oxygen atoms in total. The van der Waals surface area contributed by atoms with Crippen molar-refractivity contribution in [2.75, 3.05) is 10.8 Å². The number of halogens is 1. The minimum Gasteiger partial charge on any atom is -0.267 e. The van der Waals surface area contributed by atoms with E-state index in [2.05, 4.69) is 17.1 Å². The predicted molar refractivity (Wildman–Crippen MR) is 119 cm³/mol. The van der Waals surface area contributed by atoms with Crippen molar-refractivity contribution in [2.24, 2.45) is 5.10 Å². The lowest BCUT2D eigenvalue weighted by Gasteiger charge is -2.23. The number of rotatable bonds is 8. The highest BCUT2D eigenvalue weighted by atomic mass is 32.2. The third-order valence-electron chi connectivity index (χ3n) is 4.32. The maximum absolute atomic E-state index is 13.6. The van der Waals surface area contributed by atoms with Crippen LogP contribution in [0.25, 0.3) is 0 Å². The van der Waals surface area contributed by atoms with Gasteiger partial charge in [0.25, 0.3) is 15.9 Å². The Kier molecular flexibility index (Phi) is 6.94. The summed E-state index contributed by atoms with van der Waals surface area (Å²) in [5, 5.41) is 3.76. The van der Waals surface area contributed by atoms with Crippen LogP contribution in [0.4, 0.5) is 10.1 Å². The zero-order valence-electron chi connectivity index (χ0n) is 16.5. The Morgan fingerprint density at radius 1 is 1.00 bits per heavy atom. The maximum Gasteiger partial charge on any atom is 0.271 e. The third-order valence-corrected chi connectivity index (χ3v) is 6.13. The van der Waals surface area contributed by atoms with Crippen LogP contribution in [0.15, 0.2) is 102 Å². The molecule has 0 aliphatic rings. The van der Waals surface area contributed by atoms with Crippen molar-refractivity contribution in [2.45, 2.75) is 4.90 Å². The first kappa shape index (κ1) is 21.9. The van der Waals surface area contributed by atoms with E-state index in [1.807, 2.05) is 0 Å². The molecule has 0 saturated heterocycles. The van der Waals surface area contributed by atoms with E-state index in [0.717, 1.165) is 0 Å². The van der Waals surface area contributed by atoms with Crippen LogP contribution in [0.5, 0.6) is 0 Å². The van der Waals surface area contributed by atoms with Gasteiger partial charge in [-0.2, -0.15) is 5.10 Å². The minimum atomic E-state index is -3.80. The topological polar surface area (TPSA) is 78.8 Å². The number of hydrogen-bond acceptors (Lipinski definition) is 4. The van der Waals surface area contributed by atoms with Crippen molar-refractivity contribution in [3.63, 3.8) is 0 Å². The van der Waals surface area contributed by atoms with Crippen molar-refractivity contribution in [3.05, 3.63) is 108 Å². The number of anilines is 1. The predicted octanol–water partition coefficient (Wildman–Crippen LogP) is 3.97. The Balaban J connectivity index is 1.76. The van der Waals surface area contributed by atoms with Gasteiger partial charge in [0, 0.05) is 11.1 Å². The molecule has 3 aromatic rings. The normalized spacial score (nSPS) is 11.3. The molecule has 0 aromatic heterocycles. The van der Waals surface area contributed by atoms with Gasteiger partial charge in [-0.05, 0) is 42.5 Å². The van der Waals surface area contributed by atoms with E-state index in [1.165, 1.54) is 65.1 Å². The summed E-state index contributed by atoms with van der Waals surface area (Å²) in [6, 6.07) is 20.1. The summed E-state index contributed by atoms with van der Waals surface area (Å²) in [7, 11) is -3.80. The van der Waals surface area contributed by atoms with Crippen LogP contribution in [0.2, 0.25) is 0 Å². The lowest BCUT2D eigenvalue weighted by Crippen LogP contribution is -2.31. The van der Waals surface area contributed by atoms with Gasteiger partial charge in [-0.1, -0.05) is 42.5 Å². The molecule has 0 spiro atoms. The van der Waals surface area contributed by atoms with Crippen LogP contribution in [0.1, 0.15) is 15.9 Å². The minimum absolute atomic E-state index is 0.0652. The molecule has 31 heavy (non-hydrogen) atoms. The molecule has 0 unspecified atom stereocenters. The molecule has 3 aromatic carbocycles. The van der Waals surface area contributed by atoms with E-state index < -0.39 is 21.7 Å². The quantitative estimate of drug-likeness (QED) is 0.329. The van der Waals surface area contributed by atoms with Gasteiger partial charge in [0.05, 0.1) is 23.3 Å². The average Bonchev–Trinajstić information content (AvgIpc) is 2.79. The Bertz CT molecular complexity index is 1190. The summed E-state index contributed by atoms with van der Waals surface area (Å²) >= 11 is 0. The van der Waals surface area contributed by atoms with E-state index in [4.69, 9.17) is 0 Å². The van der Waals surface area contributed by atoms with Crippen LogP contribution in [0, 0.1) is 5.82 Å². The van der Waals surface area contributed by atoms with Crippen molar-refractivity contribution in [3.8, 4) is 0 Å². The van der Waals surface area contributed by atoms with Gasteiger partial charge in [0.2, 0.25) is 0 Å². The molecule has 1 N–H and O–H groups in total. The number of nitrogens with one attached hydrogen (secondary N) is 1. The van der Waals surface area contributed by atoms with Gasteiger partial charge >= 0.3 is 0 Å². The summed E-state index contributed by atoms with van der Waals surface area (Å²) < 4.78 is 40.8. The van der Waals surface area contributed by atoms with E-state index in [-0.39, 0.29) is 22.6 Å². The van der Waals surface area contributed by atoms with E-state index in [1.54, 1.807) is 30.3 Å². The van der Waals surface area contributed by atoms with E-state index in [9.17, 15) is 17.6 Å². The molecule has 0 radical (unpaired) electrons. The second-order valence-corrected chi connectivity index (χ2v) is 8.27. The van der Waals surface area contributed by atoms with Crippen LogP contribution in [-0.4, -0.2) is 27.1 Å². The SMILES string of the molecule is C=CCN(c1ccc(C(=O)N/N=C\c2ccccc2F)cc1)S(=O)(=O)c1ccccc1. The van der Waals surface area contributed by atoms with Gasteiger partial charge < -0.3 is 0 Å². The number of amides is 1. The zero-order valence-corrected chi connectivity index (χ0v) is 17.3. The highest BCUT2D eigenvalue weighted by molar-refractivity contribution is 7.92. The molecule has 0 saturated carbocycles. The fourth-order valence-electron chi connectivity index (χ4n) is 2.76. The Labute approximate surface area is 180 Å². The third kappa shape index (κ3) is 5.23. The van der Waals surface area contributed by atoms with Crippen molar-refractivity contribution < 1.29 is 17.6 Å². The van der Waals surface area contributed by atoms with Gasteiger partial charge in [0.1, 0.15) is 5.82 Å². The summed E-state index contributed by atoms with van der Waals surface area (Å²) in [5.41, 5.74) is 3.21. The molecule has 0 fully saturated rings. The van der Waals surface area contributed by atoms with Crippen molar-refractivity contribution in [1.82, 2.24) is 5.43 Å². The largest absolute Gasteiger partial charge is 0.271 e. The smallest absolute Gasteiger partial charge is 0.267 e. The Morgan fingerprint density at radius 3 is 2.29 bits per heavy atom. The summed E-state index contributed by atoms with van der Waals surface area (Å²) in [4.78, 5) is 12.4. The number of carbonyl (C=O) groups excluding carboxylic acids is 1. The standard InChI is InChI=1S/C23H20FN3O3S/c1-2-16-27(31(29,30)21-9-4-3-5-10-21)20-14-12-18(13-15-20)23(28)26-25-17-19-8-6-7-11-22(19)24/h2-15,17H,1,16H2,(H,26,28)/b25-17-. The van der Waals surface area contributed by atoms with Crippen molar-refractivity contribution >= 4 is 27.8 Å². The van der Waals surface area contributed by atoms with E-state index >= 15 is 0 Å². The number of nitrogens with zero attached hydrogens (tertiary/aromatic N) is 2. The molecule has 3 rings (SSSR count). The Morgan fingerprint density at radius 2 is 1.65 bits per heavy atom. The fraction of sp³-hybridized carbons (Fsp3) is 0.0435. The van der Waals surface area contributed by atoms with Gasteiger partial charge in [-0.3, -0.25) is 9.10 Å².